The molecular formula is C12H15ClN2O3. The van der Waals surface area contributed by atoms with Gasteiger partial charge in [0, 0.05) is 18.3 Å². The maximum Gasteiger partial charge on any atom is 0.254 e. The second kappa shape index (κ2) is 5.65. The molecule has 6 heteroatoms. The van der Waals surface area contributed by atoms with Crippen molar-refractivity contribution in [1.29, 1.82) is 0 Å². The zero-order chi connectivity index (χ0) is 13.1. The average molecular weight is 271 g/mol. The quantitative estimate of drug-likeness (QED) is 0.813. The molecule has 2 atom stereocenters. The van der Waals surface area contributed by atoms with Gasteiger partial charge in [-0.2, -0.15) is 0 Å². The van der Waals surface area contributed by atoms with Crippen molar-refractivity contribution in [2.75, 3.05) is 19.8 Å². The summed E-state index contributed by atoms with van der Waals surface area (Å²) < 4.78 is 5.40. The molecule has 2 heterocycles. The Kier molecular flexibility index (Phi) is 4.16. The van der Waals surface area contributed by atoms with Gasteiger partial charge in [-0.25, -0.2) is 4.98 Å². The summed E-state index contributed by atoms with van der Waals surface area (Å²) in [5.74, 6) is -0.117. The molecule has 18 heavy (non-hydrogen) atoms. The molecule has 2 unspecified atom stereocenters. The summed E-state index contributed by atoms with van der Waals surface area (Å²) in [7, 11) is 0. The normalized spacial score (nSPS) is 24.1. The van der Waals surface area contributed by atoms with Crippen LogP contribution in [0, 0.1) is 0 Å². The second-order valence-corrected chi connectivity index (χ2v) is 4.70. The minimum Gasteiger partial charge on any atom is -0.394 e. The SMILES string of the molecule is CC1COC(CO)CN1C(=O)c1ccnc(Cl)c1. The summed E-state index contributed by atoms with van der Waals surface area (Å²) in [5, 5.41) is 9.39. The van der Waals surface area contributed by atoms with Crippen molar-refractivity contribution < 1.29 is 14.6 Å². The van der Waals surface area contributed by atoms with E-state index in [9.17, 15) is 4.79 Å². The number of hydrogen-bond donors (Lipinski definition) is 1. The van der Waals surface area contributed by atoms with Gasteiger partial charge < -0.3 is 14.7 Å². The predicted octanol–water partition coefficient (Wildman–Crippen LogP) is 0.957. The molecule has 0 aromatic carbocycles. The van der Waals surface area contributed by atoms with Crippen LogP contribution in [-0.4, -0.2) is 52.8 Å². The van der Waals surface area contributed by atoms with Crippen LogP contribution in [0.4, 0.5) is 0 Å². The van der Waals surface area contributed by atoms with E-state index in [0.717, 1.165) is 0 Å². The van der Waals surface area contributed by atoms with Gasteiger partial charge in [-0.15, -0.1) is 0 Å². The number of morpholine rings is 1. The molecular weight excluding hydrogens is 256 g/mol. The molecule has 98 valence electrons. The first-order valence-corrected chi connectivity index (χ1v) is 6.14. The molecule has 1 aromatic rings. The van der Waals surface area contributed by atoms with E-state index in [1.54, 1.807) is 17.0 Å². The topological polar surface area (TPSA) is 62.7 Å². The van der Waals surface area contributed by atoms with Gasteiger partial charge in [0.1, 0.15) is 5.15 Å². The van der Waals surface area contributed by atoms with Gasteiger partial charge in [0.15, 0.2) is 0 Å². The number of pyridine rings is 1. The lowest BCUT2D eigenvalue weighted by Crippen LogP contribution is -2.52. The van der Waals surface area contributed by atoms with E-state index in [2.05, 4.69) is 4.98 Å². The molecule has 1 aliphatic heterocycles. The number of hydrogen-bond acceptors (Lipinski definition) is 4. The van der Waals surface area contributed by atoms with Crippen LogP contribution in [0.3, 0.4) is 0 Å². The summed E-state index contributed by atoms with van der Waals surface area (Å²) in [6.45, 7) is 2.63. The average Bonchev–Trinajstić information content (AvgIpc) is 2.38. The van der Waals surface area contributed by atoms with Crippen LogP contribution in [0.25, 0.3) is 0 Å². The summed E-state index contributed by atoms with van der Waals surface area (Å²) in [6.07, 6.45) is 1.19. The Bertz CT molecular complexity index is 441. The van der Waals surface area contributed by atoms with Gasteiger partial charge in [0.2, 0.25) is 0 Å². The van der Waals surface area contributed by atoms with E-state index in [1.807, 2.05) is 6.92 Å². The number of carbonyl (C=O) groups excluding carboxylic acids is 1. The van der Waals surface area contributed by atoms with Crippen LogP contribution in [0.1, 0.15) is 17.3 Å². The number of ether oxygens (including phenoxy) is 1. The molecule has 1 aromatic heterocycles. The van der Waals surface area contributed by atoms with Crippen molar-refractivity contribution in [3.63, 3.8) is 0 Å². The van der Waals surface area contributed by atoms with E-state index in [0.29, 0.717) is 23.9 Å². The molecule has 1 saturated heterocycles. The smallest absolute Gasteiger partial charge is 0.254 e. The van der Waals surface area contributed by atoms with Gasteiger partial charge in [0.25, 0.3) is 5.91 Å². The lowest BCUT2D eigenvalue weighted by molar-refractivity contribution is -0.0667. The van der Waals surface area contributed by atoms with Gasteiger partial charge in [-0.05, 0) is 19.1 Å². The molecule has 0 saturated carbocycles. The van der Waals surface area contributed by atoms with E-state index in [4.69, 9.17) is 21.4 Å². The monoisotopic (exact) mass is 270 g/mol. The fourth-order valence-corrected chi connectivity index (χ4v) is 2.09. The van der Waals surface area contributed by atoms with Crippen LogP contribution in [0.5, 0.6) is 0 Å². The fraction of sp³-hybridized carbons (Fsp3) is 0.500. The zero-order valence-electron chi connectivity index (χ0n) is 10.0. The molecule has 1 aliphatic rings. The van der Waals surface area contributed by atoms with Crippen LogP contribution >= 0.6 is 11.6 Å². The number of aromatic nitrogens is 1. The summed E-state index contributed by atoms with van der Waals surface area (Å²) >= 11 is 5.77. The third-order valence-electron chi connectivity index (χ3n) is 2.94. The Labute approximate surface area is 110 Å². The second-order valence-electron chi connectivity index (χ2n) is 4.31. The third-order valence-corrected chi connectivity index (χ3v) is 3.15. The minimum atomic E-state index is -0.317. The largest absolute Gasteiger partial charge is 0.394 e. The number of aliphatic hydroxyl groups excluding tert-OH is 1. The minimum absolute atomic E-state index is 0.0211. The Morgan fingerprint density at radius 1 is 1.72 bits per heavy atom. The van der Waals surface area contributed by atoms with E-state index < -0.39 is 0 Å². The standard InChI is InChI=1S/C12H15ClN2O3/c1-8-7-18-10(6-16)5-15(8)12(17)9-2-3-14-11(13)4-9/h2-4,8,10,16H,5-7H2,1H3. The molecule has 0 aliphatic carbocycles. The number of carbonyl (C=O) groups is 1. The first-order chi connectivity index (χ1) is 8.61. The maximum atomic E-state index is 12.3. The molecule has 0 spiro atoms. The first kappa shape index (κ1) is 13.3. The fourth-order valence-electron chi connectivity index (χ4n) is 1.91. The molecule has 5 nitrogen and oxygen atoms in total. The molecule has 0 radical (unpaired) electrons. The molecule has 0 bridgehead atoms. The van der Waals surface area contributed by atoms with Gasteiger partial charge in [0.05, 0.1) is 25.4 Å². The highest BCUT2D eigenvalue weighted by Gasteiger charge is 2.29. The Hall–Kier alpha value is -1.17. The Balaban J connectivity index is 2.16. The lowest BCUT2D eigenvalue weighted by atomic mass is 10.1. The highest BCUT2D eigenvalue weighted by Crippen LogP contribution is 2.16. The highest BCUT2D eigenvalue weighted by atomic mass is 35.5. The van der Waals surface area contributed by atoms with Crippen molar-refractivity contribution in [3.05, 3.63) is 29.0 Å². The number of aliphatic hydroxyl groups is 1. The number of nitrogens with zero attached hydrogens (tertiary/aromatic N) is 2. The van der Waals surface area contributed by atoms with E-state index >= 15 is 0 Å². The van der Waals surface area contributed by atoms with Crippen molar-refractivity contribution in [2.24, 2.45) is 0 Å². The Morgan fingerprint density at radius 3 is 3.17 bits per heavy atom. The lowest BCUT2D eigenvalue weighted by Gasteiger charge is -2.37. The summed E-state index contributed by atoms with van der Waals surface area (Å²) in [5.41, 5.74) is 0.500. The molecule has 1 N–H and O–H groups in total. The van der Waals surface area contributed by atoms with Crippen LogP contribution in [0.2, 0.25) is 5.15 Å². The van der Waals surface area contributed by atoms with Crippen molar-refractivity contribution in [2.45, 2.75) is 19.1 Å². The summed E-state index contributed by atoms with van der Waals surface area (Å²) in [6, 6.07) is 3.15. The molecule has 1 fully saturated rings. The first-order valence-electron chi connectivity index (χ1n) is 5.77. The predicted molar refractivity (Wildman–Crippen MR) is 66.6 cm³/mol. The van der Waals surface area contributed by atoms with Crippen molar-refractivity contribution in [1.82, 2.24) is 9.88 Å². The molecule has 1 amide bonds. The highest BCUT2D eigenvalue weighted by molar-refractivity contribution is 6.29. The maximum absolute atomic E-state index is 12.3. The van der Waals surface area contributed by atoms with Gasteiger partial charge in [-0.3, -0.25) is 4.79 Å². The zero-order valence-corrected chi connectivity index (χ0v) is 10.8. The van der Waals surface area contributed by atoms with E-state index in [1.165, 1.54) is 6.20 Å². The van der Waals surface area contributed by atoms with Crippen LogP contribution < -0.4 is 0 Å². The number of halogens is 1. The van der Waals surface area contributed by atoms with Gasteiger partial charge in [-0.1, -0.05) is 11.6 Å². The van der Waals surface area contributed by atoms with E-state index in [-0.39, 0.29) is 24.7 Å². The summed E-state index contributed by atoms with van der Waals surface area (Å²) in [4.78, 5) is 17.9. The van der Waals surface area contributed by atoms with Crippen LogP contribution in [0.15, 0.2) is 18.3 Å². The van der Waals surface area contributed by atoms with Crippen molar-refractivity contribution in [3.8, 4) is 0 Å². The Morgan fingerprint density at radius 2 is 2.50 bits per heavy atom. The van der Waals surface area contributed by atoms with Gasteiger partial charge >= 0.3 is 0 Å². The number of amides is 1. The third kappa shape index (κ3) is 2.80. The number of rotatable bonds is 2. The van der Waals surface area contributed by atoms with Crippen molar-refractivity contribution >= 4 is 17.5 Å². The van der Waals surface area contributed by atoms with Crippen LogP contribution in [-0.2, 0) is 4.74 Å². The molecule has 2 rings (SSSR count).